The van der Waals surface area contributed by atoms with E-state index in [0.29, 0.717) is 12.5 Å². The minimum Gasteiger partial charge on any atom is -0.370 e. The lowest BCUT2D eigenvalue weighted by Gasteiger charge is -2.35. The first-order chi connectivity index (χ1) is 7.72. The molecule has 1 atom stereocenters. The average molecular weight is 297 g/mol. The van der Waals surface area contributed by atoms with Gasteiger partial charge in [0, 0.05) is 34.6 Å². The minimum absolute atomic E-state index is 0.478. The van der Waals surface area contributed by atoms with E-state index in [0.717, 1.165) is 16.6 Å². The molecule has 1 aromatic rings. The minimum atomic E-state index is 0.478. The number of hydrogen-bond acceptors (Lipinski definition) is 3. The van der Waals surface area contributed by atoms with Crippen LogP contribution in [0.2, 0.25) is 0 Å². The van der Waals surface area contributed by atoms with Crippen LogP contribution in [0.1, 0.15) is 12.8 Å². The van der Waals surface area contributed by atoms with Crippen LogP contribution >= 0.6 is 27.7 Å². The van der Waals surface area contributed by atoms with Crippen LogP contribution < -0.4 is 4.90 Å². The van der Waals surface area contributed by atoms with Crippen molar-refractivity contribution >= 4 is 33.4 Å². The number of nitriles is 1. The van der Waals surface area contributed by atoms with E-state index in [9.17, 15) is 0 Å². The molecule has 0 aliphatic carbocycles. The molecular weight excluding hydrogens is 284 g/mol. The van der Waals surface area contributed by atoms with E-state index in [1.807, 2.05) is 11.8 Å². The number of benzene rings is 1. The Morgan fingerprint density at radius 2 is 2.44 bits per heavy atom. The summed E-state index contributed by atoms with van der Waals surface area (Å²) in [5.74, 6) is 1.08. The van der Waals surface area contributed by atoms with Gasteiger partial charge in [-0.05, 0) is 24.6 Å². The number of halogens is 1. The Hall–Kier alpha value is -0.660. The van der Waals surface area contributed by atoms with Gasteiger partial charge >= 0.3 is 0 Å². The predicted octanol–water partition coefficient (Wildman–Crippen LogP) is 3.66. The van der Waals surface area contributed by atoms with E-state index in [-0.39, 0.29) is 0 Å². The maximum absolute atomic E-state index is 8.64. The van der Waals surface area contributed by atoms with Gasteiger partial charge in [0.05, 0.1) is 11.8 Å². The van der Waals surface area contributed by atoms with Gasteiger partial charge in [-0.3, -0.25) is 0 Å². The van der Waals surface area contributed by atoms with Crippen molar-refractivity contribution < 1.29 is 0 Å². The predicted molar refractivity (Wildman–Crippen MR) is 71.9 cm³/mol. The van der Waals surface area contributed by atoms with Crippen LogP contribution in [-0.4, -0.2) is 18.8 Å². The first kappa shape index (κ1) is 11.8. The summed E-state index contributed by atoms with van der Waals surface area (Å²) in [5.41, 5.74) is 1.27. The summed E-state index contributed by atoms with van der Waals surface area (Å²) in [7, 11) is 2.12. The number of thioether (sulfide) groups is 1. The van der Waals surface area contributed by atoms with Crippen molar-refractivity contribution in [1.29, 1.82) is 5.26 Å². The van der Waals surface area contributed by atoms with Gasteiger partial charge < -0.3 is 4.90 Å². The third-order valence-electron chi connectivity index (χ3n) is 2.87. The van der Waals surface area contributed by atoms with E-state index in [2.05, 4.69) is 52.1 Å². The molecule has 0 radical (unpaired) electrons. The number of hydrogen-bond donors (Lipinski definition) is 0. The zero-order valence-electron chi connectivity index (χ0n) is 9.11. The molecule has 0 spiro atoms. The van der Waals surface area contributed by atoms with Crippen LogP contribution in [0.5, 0.6) is 0 Å². The van der Waals surface area contributed by atoms with E-state index in [4.69, 9.17) is 5.26 Å². The Morgan fingerprint density at radius 1 is 1.62 bits per heavy atom. The summed E-state index contributed by atoms with van der Waals surface area (Å²) in [4.78, 5) is 3.63. The molecule has 1 aliphatic rings. The van der Waals surface area contributed by atoms with Crippen molar-refractivity contribution in [2.24, 2.45) is 0 Å². The monoisotopic (exact) mass is 296 g/mol. The highest BCUT2D eigenvalue weighted by Gasteiger charge is 2.23. The van der Waals surface area contributed by atoms with E-state index in [1.54, 1.807) is 0 Å². The van der Waals surface area contributed by atoms with Crippen LogP contribution in [0.3, 0.4) is 0 Å². The number of rotatable bonds is 2. The van der Waals surface area contributed by atoms with Crippen molar-refractivity contribution in [3.8, 4) is 6.07 Å². The maximum atomic E-state index is 8.64. The summed E-state index contributed by atoms with van der Waals surface area (Å²) in [6, 6.07) is 9.09. The molecule has 1 unspecified atom stereocenters. The molecule has 2 rings (SSSR count). The summed E-state index contributed by atoms with van der Waals surface area (Å²) in [6.07, 6.45) is 1.59. The molecule has 0 saturated heterocycles. The Balaban J connectivity index is 2.21. The van der Waals surface area contributed by atoms with Gasteiger partial charge in [-0.25, -0.2) is 0 Å². The van der Waals surface area contributed by atoms with Crippen LogP contribution in [0, 0.1) is 11.3 Å². The topological polar surface area (TPSA) is 27.0 Å². The molecule has 0 saturated carbocycles. The fraction of sp³-hybridized carbons (Fsp3) is 0.417. The van der Waals surface area contributed by atoms with Gasteiger partial charge in [-0.1, -0.05) is 15.9 Å². The molecule has 1 aliphatic heterocycles. The first-order valence-corrected chi connectivity index (χ1v) is 7.02. The molecule has 1 aromatic carbocycles. The molecule has 0 N–H and O–H groups in total. The van der Waals surface area contributed by atoms with Gasteiger partial charge in [-0.2, -0.15) is 5.26 Å². The standard InChI is InChI=1S/C12H13BrN2S/c1-15-10(3-2-6-14)8-16-12-5-4-9(13)7-11(12)15/h4-5,7,10H,2-3,8H2,1H3. The largest absolute Gasteiger partial charge is 0.370 e. The molecular formula is C12H13BrN2S. The lowest BCUT2D eigenvalue weighted by Crippen LogP contribution is -2.36. The molecule has 0 amide bonds. The highest BCUT2D eigenvalue weighted by atomic mass is 79.9. The smallest absolute Gasteiger partial charge is 0.0622 e. The molecule has 4 heteroatoms. The summed E-state index contributed by atoms with van der Waals surface area (Å²) in [6.45, 7) is 0. The first-order valence-electron chi connectivity index (χ1n) is 5.24. The number of fused-ring (bicyclic) bond motifs is 1. The maximum Gasteiger partial charge on any atom is 0.0622 e. The molecule has 84 valence electrons. The molecule has 0 fully saturated rings. The average Bonchev–Trinajstić information content (AvgIpc) is 2.29. The Labute approximate surface area is 109 Å². The van der Waals surface area contributed by atoms with Crippen LogP contribution in [0.4, 0.5) is 5.69 Å². The van der Waals surface area contributed by atoms with Crippen molar-refractivity contribution in [3.63, 3.8) is 0 Å². The fourth-order valence-electron chi connectivity index (χ4n) is 1.89. The van der Waals surface area contributed by atoms with E-state index >= 15 is 0 Å². The Bertz CT molecular complexity index is 428. The van der Waals surface area contributed by atoms with Crippen LogP contribution in [0.15, 0.2) is 27.6 Å². The summed E-state index contributed by atoms with van der Waals surface area (Å²) >= 11 is 5.39. The lowest BCUT2D eigenvalue weighted by atomic mass is 10.1. The van der Waals surface area contributed by atoms with Crippen molar-refractivity contribution in [3.05, 3.63) is 22.7 Å². The second-order valence-corrected chi connectivity index (χ2v) is 5.86. The third-order valence-corrected chi connectivity index (χ3v) is 4.57. The second-order valence-electron chi connectivity index (χ2n) is 3.88. The number of nitrogens with zero attached hydrogens (tertiary/aromatic N) is 2. The van der Waals surface area contributed by atoms with Gasteiger partial charge in [0.2, 0.25) is 0 Å². The zero-order valence-corrected chi connectivity index (χ0v) is 11.5. The van der Waals surface area contributed by atoms with Gasteiger partial charge in [0.25, 0.3) is 0 Å². The van der Waals surface area contributed by atoms with Crippen molar-refractivity contribution in [2.75, 3.05) is 17.7 Å². The summed E-state index contributed by atoms with van der Waals surface area (Å²) in [5, 5.41) is 8.64. The molecule has 0 aromatic heterocycles. The quantitative estimate of drug-likeness (QED) is 0.833. The van der Waals surface area contributed by atoms with Gasteiger partial charge in [0.1, 0.15) is 0 Å². The fourth-order valence-corrected chi connectivity index (χ4v) is 3.52. The molecule has 1 heterocycles. The molecule has 16 heavy (non-hydrogen) atoms. The highest BCUT2D eigenvalue weighted by molar-refractivity contribution is 9.10. The normalized spacial score (nSPS) is 19.1. The number of anilines is 1. The van der Waals surface area contributed by atoms with Crippen LogP contribution in [-0.2, 0) is 0 Å². The van der Waals surface area contributed by atoms with Gasteiger partial charge in [0.15, 0.2) is 0 Å². The van der Waals surface area contributed by atoms with E-state index < -0.39 is 0 Å². The Kier molecular flexibility index (Phi) is 3.78. The van der Waals surface area contributed by atoms with Crippen molar-refractivity contribution in [2.45, 2.75) is 23.8 Å². The SMILES string of the molecule is CN1c2cc(Br)ccc2SCC1CCC#N. The lowest BCUT2D eigenvalue weighted by molar-refractivity contribution is 0.636. The molecule has 0 bridgehead atoms. The Morgan fingerprint density at radius 3 is 3.19 bits per heavy atom. The van der Waals surface area contributed by atoms with Crippen LogP contribution in [0.25, 0.3) is 0 Å². The second kappa shape index (κ2) is 5.11. The zero-order chi connectivity index (χ0) is 11.5. The summed E-state index contributed by atoms with van der Waals surface area (Å²) < 4.78 is 1.11. The van der Waals surface area contributed by atoms with Gasteiger partial charge in [-0.15, -0.1) is 11.8 Å². The molecule has 2 nitrogen and oxygen atoms in total. The highest BCUT2D eigenvalue weighted by Crippen LogP contribution is 2.39. The third kappa shape index (κ3) is 2.36. The van der Waals surface area contributed by atoms with Crippen molar-refractivity contribution in [1.82, 2.24) is 0 Å². The van der Waals surface area contributed by atoms with E-state index in [1.165, 1.54) is 10.6 Å².